The second-order valence-corrected chi connectivity index (χ2v) is 2.64. The molecule has 1 saturated carbocycles. The van der Waals surface area contributed by atoms with Gasteiger partial charge in [0.1, 0.15) is 0 Å². The van der Waals surface area contributed by atoms with Gasteiger partial charge in [-0.05, 0) is 12.8 Å². The maximum atomic E-state index is 10.7. The monoisotopic (exact) mass is 188 g/mol. The molecule has 1 radical (unpaired) electrons. The van der Waals surface area contributed by atoms with Crippen LogP contribution in [0.25, 0.3) is 0 Å². The standard InChI is InChI=1S/C6H7NO2.Cu/c8-5-3-1-2-4(3)6(9)7-5;/h3-4H,1-2H2,(H,7,8,9);/q;+2. The summed E-state index contributed by atoms with van der Waals surface area (Å²) in [6.07, 6.45) is 1.81. The average Bonchev–Trinajstić information content (AvgIpc) is 1.73. The number of rotatable bonds is 0. The van der Waals surface area contributed by atoms with Crippen LogP contribution >= 0.6 is 0 Å². The fourth-order valence-corrected chi connectivity index (χ4v) is 1.43. The first kappa shape index (κ1) is 7.76. The van der Waals surface area contributed by atoms with Crippen molar-refractivity contribution in [2.75, 3.05) is 0 Å². The number of nitrogens with one attached hydrogen (secondary N) is 1. The summed E-state index contributed by atoms with van der Waals surface area (Å²) in [6.45, 7) is 0. The molecular formula is C6H7CuNO2+2. The zero-order valence-corrected chi connectivity index (χ0v) is 6.13. The molecule has 10 heavy (non-hydrogen) atoms. The Morgan fingerprint density at radius 1 is 1.10 bits per heavy atom. The molecule has 0 aromatic rings. The summed E-state index contributed by atoms with van der Waals surface area (Å²) in [5, 5.41) is 2.30. The van der Waals surface area contributed by atoms with Crippen LogP contribution < -0.4 is 5.32 Å². The van der Waals surface area contributed by atoms with Gasteiger partial charge in [0.25, 0.3) is 0 Å². The number of carbonyl (C=O) groups excluding carboxylic acids is 2. The number of hydrogen-bond donors (Lipinski definition) is 1. The Labute approximate surface area is 69.0 Å². The van der Waals surface area contributed by atoms with Crippen molar-refractivity contribution in [3.63, 3.8) is 0 Å². The van der Waals surface area contributed by atoms with Crippen LogP contribution in [0.1, 0.15) is 12.8 Å². The summed E-state index contributed by atoms with van der Waals surface area (Å²) in [6, 6.07) is 0. The van der Waals surface area contributed by atoms with Gasteiger partial charge < -0.3 is 0 Å². The largest absolute Gasteiger partial charge is 2.00 e. The van der Waals surface area contributed by atoms with Crippen molar-refractivity contribution >= 4 is 11.8 Å². The summed E-state index contributed by atoms with van der Waals surface area (Å²) in [5.41, 5.74) is 0. The molecule has 1 saturated heterocycles. The normalized spacial score (nSPS) is 35.6. The van der Waals surface area contributed by atoms with Gasteiger partial charge in [-0.25, -0.2) is 0 Å². The van der Waals surface area contributed by atoms with Crippen LogP contribution in [0.2, 0.25) is 0 Å². The number of amides is 2. The number of imide groups is 1. The molecule has 0 bridgehead atoms. The molecule has 2 fully saturated rings. The number of carbonyl (C=O) groups is 2. The smallest absolute Gasteiger partial charge is 0.296 e. The van der Waals surface area contributed by atoms with E-state index in [9.17, 15) is 9.59 Å². The molecular weight excluding hydrogens is 182 g/mol. The van der Waals surface area contributed by atoms with E-state index in [0.29, 0.717) is 0 Å². The molecule has 0 spiro atoms. The van der Waals surface area contributed by atoms with Crippen molar-refractivity contribution in [1.82, 2.24) is 5.32 Å². The summed E-state index contributed by atoms with van der Waals surface area (Å²) < 4.78 is 0. The molecule has 1 N–H and O–H groups in total. The summed E-state index contributed by atoms with van der Waals surface area (Å²) >= 11 is 0. The molecule has 57 valence electrons. The molecule has 2 atom stereocenters. The summed E-state index contributed by atoms with van der Waals surface area (Å²) in [7, 11) is 0. The molecule has 4 heteroatoms. The van der Waals surface area contributed by atoms with Gasteiger partial charge in [-0.1, -0.05) is 0 Å². The van der Waals surface area contributed by atoms with E-state index in [2.05, 4.69) is 5.32 Å². The Bertz CT molecular complexity index is 172. The Balaban J connectivity index is 0.000000500. The quantitative estimate of drug-likeness (QED) is 0.418. The van der Waals surface area contributed by atoms with Crippen LogP contribution in [0.3, 0.4) is 0 Å². The van der Waals surface area contributed by atoms with Crippen molar-refractivity contribution < 1.29 is 26.7 Å². The van der Waals surface area contributed by atoms with Crippen LogP contribution in [-0.4, -0.2) is 11.8 Å². The fraction of sp³-hybridized carbons (Fsp3) is 0.667. The van der Waals surface area contributed by atoms with Crippen molar-refractivity contribution in [2.45, 2.75) is 12.8 Å². The molecule has 1 heterocycles. The maximum Gasteiger partial charge on any atom is 2.00 e. The summed E-state index contributed by atoms with van der Waals surface area (Å²) in [5.74, 6) is -0.0394. The van der Waals surface area contributed by atoms with E-state index in [0.717, 1.165) is 12.8 Å². The molecule has 1 aliphatic carbocycles. The fourth-order valence-electron chi connectivity index (χ4n) is 1.43. The van der Waals surface area contributed by atoms with Gasteiger partial charge >= 0.3 is 17.1 Å². The third kappa shape index (κ3) is 0.796. The summed E-state index contributed by atoms with van der Waals surface area (Å²) in [4.78, 5) is 21.4. The molecule has 1 aliphatic heterocycles. The predicted octanol–water partition coefficient (Wildman–Crippen LogP) is -0.334. The van der Waals surface area contributed by atoms with Gasteiger partial charge in [0.2, 0.25) is 11.8 Å². The average molecular weight is 189 g/mol. The second kappa shape index (κ2) is 2.36. The molecule has 3 nitrogen and oxygen atoms in total. The van der Waals surface area contributed by atoms with E-state index >= 15 is 0 Å². The molecule has 2 aliphatic rings. The molecule has 2 rings (SSSR count). The maximum absolute atomic E-state index is 10.7. The first-order chi connectivity index (χ1) is 4.29. The molecule has 0 aromatic heterocycles. The molecule has 2 unspecified atom stereocenters. The van der Waals surface area contributed by atoms with Gasteiger partial charge in [-0.3, -0.25) is 14.9 Å². The van der Waals surface area contributed by atoms with Gasteiger partial charge in [-0.2, -0.15) is 0 Å². The van der Waals surface area contributed by atoms with Crippen LogP contribution in [0, 0.1) is 11.8 Å². The van der Waals surface area contributed by atoms with E-state index < -0.39 is 0 Å². The Hall–Kier alpha value is -0.341. The van der Waals surface area contributed by atoms with Crippen molar-refractivity contribution in [2.24, 2.45) is 11.8 Å². The minimum atomic E-state index is -0.0590. The van der Waals surface area contributed by atoms with Crippen LogP contribution in [0.5, 0.6) is 0 Å². The van der Waals surface area contributed by atoms with Crippen LogP contribution in [-0.2, 0) is 26.7 Å². The van der Waals surface area contributed by atoms with Gasteiger partial charge in [0.15, 0.2) is 0 Å². The van der Waals surface area contributed by atoms with Crippen molar-refractivity contribution in [3.05, 3.63) is 0 Å². The van der Waals surface area contributed by atoms with Crippen molar-refractivity contribution in [1.29, 1.82) is 0 Å². The van der Waals surface area contributed by atoms with Crippen molar-refractivity contribution in [3.8, 4) is 0 Å². The van der Waals surface area contributed by atoms with Gasteiger partial charge in [0, 0.05) is 11.8 Å². The Kier molecular flexibility index (Phi) is 1.84. The predicted molar refractivity (Wildman–Crippen MR) is 29.4 cm³/mol. The van der Waals surface area contributed by atoms with E-state index in [4.69, 9.17) is 0 Å². The van der Waals surface area contributed by atoms with Gasteiger partial charge in [0.05, 0.1) is 0 Å². The SMILES string of the molecule is O=C1NC(=O)C2CCC12.[Cu+2]. The zero-order chi connectivity index (χ0) is 6.43. The van der Waals surface area contributed by atoms with Crippen LogP contribution in [0.4, 0.5) is 0 Å². The third-order valence-corrected chi connectivity index (χ3v) is 2.19. The third-order valence-electron chi connectivity index (χ3n) is 2.19. The van der Waals surface area contributed by atoms with E-state index in [-0.39, 0.29) is 40.7 Å². The number of hydrogen-bond acceptors (Lipinski definition) is 2. The van der Waals surface area contributed by atoms with E-state index in [1.54, 1.807) is 0 Å². The first-order valence-electron chi connectivity index (χ1n) is 3.14. The second-order valence-electron chi connectivity index (χ2n) is 2.64. The topological polar surface area (TPSA) is 46.2 Å². The van der Waals surface area contributed by atoms with Gasteiger partial charge in [-0.15, -0.1) is 0 Å². The van der Waals surface area contributed by atoms with E-state index in [1.807, 2.05) is 0 Å². The molecule has 0 aromatic carbocycles. The molecule has 2 amide bonds. The van der Waals surface area contributed by atoms with Crippen LogP contribution in [0.15, 0.2) is 0 Å². The first-order valence-corrected chi connectivity index (χ1v) is 3.14. The number of fused-ring (bicyclic) bond motifs is 1. The Morgan fingerprint density at radius 2 is 1.50 bits per heavy atom. The van der Waals surface area contributed by atoms with E-state index in [1.165, 1.54) is 0 Å². The minimum absolute atomic E-state index is 0. The Morgan fingerprint density at radius 3 is 1.70 bits per heavy atom. The minimum Gasteiger partial charge on any atom is -0.296 e. The zero-order valence-electron chi connectivity index (χ0n) is 5.19.